The van der Waals surface area contributed by atoms with Crippen molar-refractivity contribution in [3.63, 3.8) is 0 Å². The number of carbonyl (C=O) groups excluding carboxylic acids is 2. The van der Waals surface area contributed by atoms with Gasteiger partial charge in [-0.1, -0.05) is 46.8 Å². The Balaban J connectivity index is 2.04. The molecule has 1 aromatic carbocycles. The summed E-state index contributed by atoms with van der Waals surface area (Å²) in [6.07, 6.45) is 1.85. The SMILES string of the molecule is CC(C)C(NC(=O)c1ccc(C(C)(C)C)cc1)C(=O)N1CCC(C(C)N)CC1. The molecule has 2 rings (SSSR count). The van der Waals surface area contributed by atoms with E-state index in [1.54, 1.807) is 0 Å². The molecule has 1 heterocycles. The normalized spacial score (nSPS) is 18.1. The van der Waals surface area contributed by atoms with Gasteiger partial charge in [-0.15, -0.1) is 0 Å². The van der Waals surface area contributed by atoms with Crippen LogP contribution >= 0.6 is 0 Å². The Morgan fingerprint density at radius 2 is 1.61 bits per heavy atom. The summed E-state index contributed by atoms with van der Waals surface area (Å²) in [6.45, 7) is 13.8. The number of nitrogens with two attached hydrogens (primary N) is 1. The molecule has 1 fully saturated rings. The molecule has 0 bridgehead atoms. The summed E-state index contributed by atoms with van der Waals surface area (Å²) in [6, 6.07) is 7.30. The number of nitrogens with zero attached hydrogens (tertiary/aromatic N) is 1. The molecule has 0 aliphatic carbocycles. The van der Waals surface area contributed by atoms with Crippen LogP contribution in [-0.4, -0.2) is 41.9 Å². The highest BCUT2D eigenvalue weighted by Gasteiger charge is 2.32. The van der Waals surface area contributed by atoms with Gasteiger partial charge in [0, 0.05) is 24.7 Å². The molecule has 1 aliphatic rings. The highest BCUT2D eigenvalue weighted by atomic mass is 16.2. The first kappa shape index (κ1) is 22.4. The number of nitrogens with one attached hydrogen (secondary N) is 1. The maximum absolute atomic E-state index is 13.0. The third kappa shape index (κ3) is 5.57. The molecular weight excluding hydrogens is 350 g/mol. The van der Waals surface area contributed by atoms with E-state index in [-0.39, 0.29) is 29.2 Å². The largest absolute Gasteiger partial charge is 0.341 e. The number of carbonyl (C=O) groups is 2. The van der Waals surface area contributed by atoms with Crippen molar-refractivity contribution in [3.8, 4) is 0 Å². The third-order valence-corrected chi connectivity index (χ3v) is 5.83. The summed E-state index contributed by atoms with van der Waals surface area (Å²) < 4.78 is 0. The van der Waals surface area contributed by atoms with Gasteiger partial charge in [-0.25, -0.2) is 0 Å². The van der Waals surface area contributed by atoms with Crippen LogP contribution in [0.25, 0.3) is 0 Å². The Bertz CT molecular complexity index is 666. The Morgan fingerprint density at radius 3 is 2.04 bits per heavy atom. The maximum atomic E-state index is 13.0. The van der Waals surface area contributed by atoms with Crippen LogP contribution in [0.3, 0.4) is 0 Å². The number of amides is 2. The minimum absolute atomic E-state index is 0.0118. The van der Waals surface area contributed by atoms with Gasteiger partial charge in [-0.2, -0.15) is 0 Å². The predicted molar refractivity (Wildman–Crippen MR) is 114 cm³/mol. The predicted octanol–water partition coefficient (Wildman–Crippen LogP) is 3.32. The lowest BCUT2D eigenvalue weighted by atomic mass is 9.86. The Hall–Kier alpha value is -1.88. The Labute approximate surface area is 170 Å². The maximum Gasteiger partial charge on any atom is 0.251 e. The summed E-state index contributed by atoms with van der Waals surface area (Å²) >= 11 is 0. The van der Waals surface area contributed by atoms with E-state index in [9.17, 15) is 9.59 Å². The molecule has 0 radical (unpaired) electrons. The number of likely N-dealkylation sites (tertiary alicyclic amines) is 1. The van der Waals surface area contributed by atoms with E-state index >= 15 is 0 Å². The number of piperidine rings is 1. The molecule has 3 N–H and O–H groups in total. The van der Waals surface area contributed by atoms with Crippen LogP contribution in [0.5, 0.6) is 0 Å². The lowest BCUT2D eigenvalue weighted by molar-refractivity contribution is -0.135. The van der Waals surface area contributed by atoms with Gasteiger partial charge in [0.05, 0.1) is 0 Å². The van der Waals surface area contributed by atoms with Crippen LogP contribution in [-0.2, 0) is 10.2 Å². The van der Waals surface area contributed by atoms with Crippen LogP contribution in [0.2, 0.25) is 0 Å². The standard InChI is InChI=1S/C23H37N3O2/c1-15(2)20(22(28)26-13-11-17(12-14-26)16(3)24)25-21(27)18-7-9-19(10-8-18)23(4,5)6/h7-10,15-17,20H,11-14,24H2,1-6H3,(H,25,27). The molecule has 156 valence electrons. The summed E-state index contributed by atoms with van der Waals surface area (Å²) in [5, 5.41) is 2.97. The van der Waals surface area contributed by atoms with Crippen molar-refractivity contribution < 1.29 is 9.59 Å². The molecule has 1 aliphatic heterocycles. The summed E-state index contributed by atoms with van der Waals surface area (Å²) in [5.74, 6) is 0.310. The molecule has 0 saturated carbocycles. The van der Waals surface area contributed by atoms with Gasteiger partial charge < -0.3 is 16.0 Å². The first-order valence-corrected chi connectivity index (χ1v) is 10.5. The second-order valence-electron chi connectivity index (χ2n) is 9.54. The fraction of sp³-hybridized carbons (Fsp3) is 0.652. The van der Waals surface area contributed by atoms with Gasteiger partial charge in [0.25, 0.3) is 5.91 Å². The van der Waals surface area contributed by atoms with E-state index in [1.807, 2.05) is 49.9 Å². The molecule has 28 heavy (non-hydrogen) atoms. The average Bonchev–Trinajstić information content (AvgIpc) is 2.64. The Morgan fingerprint density at radius 1 is 1.07 bits per heavy atom. The molecule has 1 saturated heterocycles. The number of hydrogen-bond acceptors (Lipinski definition) is 3. The quantitative estimate of drug-likeness (QED) is 0.814. The number of rotatable bonds is 5. The molecule has 2 atom stereocenters. The minimum Gasteiger partial charge on any atom is -0.341 e. The van der Waals surface area contributed by atoms with Gasteiger partial charge >= 0.3 is 0 Å². The first-order valence-electron chi connectivity index (χ1n) is 10.5. The second-order valence-corrected chi connectivity index (χ2v) is 9.54. The van der Waals surface area contributed by atoms with Crippen molar-refractivity contribution in [3.05, 3.63) is 35.4 Å². The fourth-order valence-electron chi connectivity index (χ4n) is 3.70. The third-order valence-electron chi connectivity index (χ3n) is 5.83. The van der Waals surface area contributed by atoms with E-state index < -0.39 is 6.04 Å². The van der Waals surface area contributed by atoms with Crippen molar-refractivity contribution in [1.29, 1.82) is 0 Å². The number of benzene rings is 1. The van der Waals surface area contributed by atoms with Crippen molar-refractivity contribution in [2.24, 2.45) is 17.6 Å². The number of hydrogen-bond donors (Lipinski definition) is 2. The summed E-state index contributed by atoms with van der Waals surface area (Å²) in [7, 11) is 0. The van der Waals surface area contributed by atoms with Gasteiger partial charge in [-0.3, -0.25) is 9.59 Å². The van der Waals surface area contributed by atoms with Crippen molar-refractivity contribution in [2.75, 3.05) is 13.1 Å². The monoisotopic (exact) mass is 387 g/mol. The van der Waals surface area contributed by atoms with Crippen molar-refractivity contribution in [1.82, 2.24) is 10.2 Å². The molecule has 0 aromatic heterocycles. The van der Waals surface area contributed by atoms with Crippen LogP contribution < -0.4 is 11.1 Å². The summed E-state index contributed by atoms with van der Waals surface area (Å²) in [5.41, 5.74) is 7.81. The highest BCUT2D eigenvalue weighted by molar-refractivity contribution is 5.97. The van der Waals surface area contributed by atoms with Gasteiger partial charge in [-0.05, 0) is 54.7 Å². The Kier molecular flexibility index (Phi) is 7.27. The fourth-order valence-corrected chi connectivity index (χ4v) is 3.70. The highest BCUT2D eigenvalue weighted by Crippen LogP contribution is 2.23. The van der Waals surface area contributed by atoms with Gasteiger partial charge in [0.2, 0.25) is 5.91 Å². The first-order chi connectivity index (χ1) is 13.0. The van der Waals surface area contributed by atoms with Gasteiger partial charge in [0.15, 0.2) is 0 Å². The van der Waals surface area contributed by atoms with E-state index in [0.717, 1.165) is 12.8 Å². The molecule has 5 heteroatoms. The van der Waals surface area contributed by atoms with E-state index in [1.165, 1.54) is 5.56 Å². The van der Waals surface area contributed by atoms with Crippen LogP contribution in [0, 0.1) is 11.8 Å². The lowest BCUT2D eigenvalue weighted by Crippen LogP contribution is -2.53. The minimum atomic E-state index is -0.512. The van der Waals surface area contributed by atoms with Crippen LogP contribution in [0.1, 0.15) is 70.3 Å². The van der Waals surface area contributed by atoms with Crippen LogP contribution in [0.15, 0.2) is 24.3 Å². The van der Waals surface area contributed by atoms with E-state index in [4.69, 9.17) is 5.73 Å². The van der Waals surface area contributed by atoms with Crippen molar-refractivity contribution in [2.45, 2.75) is 71.9 Å². The smallest absolute Gasteiger partial charge is 0.251 e. The summed E-state index contributed by atoms with van der Waals surface area (Å²) in [4.78, 5) is 27.7. The average molecular weight is 388 g/mol. The molecule has 0 spiro atoms. The van der Waals surface area contributed by atoms with E-state index in [2.05, 4.69) is 26.1 Å². The molecule has 1 aromatic rings. The van der Waals surface area contributed by atoms with E-state index in [0.29, 0.717) is 24.6 Å². The van der Waals surface area contributed by atoms with Crippen LogP contribution in [0.4, 0.5) is 0 Å². The van der Waals surface area contributed by atoms with Crippen molar-refractivity contribution >= 4 is 11.8 Å². The molecular formula is C23H37N3O2. The zero-order valence-electron chi connectivity index (χ0n) is 18.3. The zero-order valence-corrected chi connectivity index (χ0v) is 18.3. The second kappa shape index (κ2) is 9.08. The molecule has 5 nitrogen and oxygen atoms in total. The topological polar surface area (TPSA) is 75.4 Å². The molecule has 2 amide bonds. The molecule has 2 unspecified atom stereocenters. The van der Waals surface area contributed by atoms with Gasteiger partial charge in [0.1, 0.15) is 6.04 Å². The zero-order chi connectivity index (χ0) is 21.1. The lowest BCUT2D eigenvalue weighted by Gasteiger charge is -2.36.